The molecule has 0 aromatic heterocycles. The van der Waals surface area contributed by atoms with Crippen molar-refractivity contribution in [1.82, 2.24) is 10.9 Å². The fourth-order valence-electron chi connectivity index (χ4n) is 5.66. The van der Waals surface area contributed by atoms with E-state index in [1.54, 1.807) is 0 Å². The van der Waals surface area contributed by atoms with Crippen LogP contribution in [0, 0.1) is 11.8 Å². The number of carbonyl (C=O) groups excluding carboxylic acids is 2. The van der Waals surface area contributed by atoms with E-state index in [1.807, 2.05) is 30.9 Å². The molecule has 0 radical (unpaired) electrons. The Kier molecular flexibility index (Phi) is 6.11. The highest BCUT2D eigenvalue weighted by Gasteiger charge is 2.40. The monoisotopic (exact) mass is 447 g/mol. The van der Waals surface area contributed by atoms with Gasteiger partial charge >= 0.3 is 0 Å². The Bertz CT molecular complexity index is 1030. The van der Waals surface area contributed by atoms with Crippen LogP contribution in [0.5, 0.6) is 5.75 Å². The average Bonchev–Trinajstić information content (AvgIpc) is 3.23. The highest BCUT2D eigenvalue weighted by atomic mass is 16.5. The highest BCUT2D eigenvalue weighted by molar-refractivity contribution is 5.96. The number of hydrazine groups is 1. The smallest absolute Gasteiger partial charge is 0.237 e. The third kappa shape index (κ3) is 4.49. The first-order valence-electron chi connectivity index (χ1n) is 12.2. The van der Waals surface area contributed by atoms with E-state index in [-0.39, 0.29) is 29.9 Å². The molecule has 1 saturated heterocycles. The van der Waals surface area contributed by atoms with Crippen molar-refractivity contribution in [2.75, 3.05) is 11.4 Å². The van der Waals surface area contributed by atoms with Crippen LogP contribution in [0.3, 0.4) is 0 Å². The summed E-state index contributed by atoms with van der Waals surface area (Å²) in [5, 5.41) is 0. The number of nitrogens with one attached hydrogen (secondary N) is 2. The topological polar surface area (TPSA) is 70.7 Å². The van der Waals surface area contributed by atoms with Crippen LogP contribution in [0.2, 0.25) is 0 Å². The molecule has 2 aromatic rings. The molecule has 6 heteroatoms. The Labute approximate surface area is 195 Å². The standard InChI is InChI=1S/C27H33N3O3/c1-17(2)33-21-11-12-24-20(16-21)13-14-30(24)25(31)15-18-7-9-19(10-8-18)26-22-5-3-4-6-23(22)27(32)29-28-26/h7-12,16-17,22-23,26,28H,3-6,13-15H2,1-2H3,(H,29,32). The lowest BCUT2D eigenvalue weighted by atomic mass is 9.72. The lowest BCUT2D eigenvalue weighted by molar-refractivity contribution is -0.133. The second-order valence-corrected chi connectivity index (χ2v) is 9.84. The zero-order chi connectivity index (χ0) is 22.9. The third-order valence-corrected chi connectivity index (χ3v) is 7.25. The number of fused-ring (bicyclic) bond motifs is 2. The molecular weight excluding hydrogens is 414 g/mol. The second kappa shape index (κ2) is 9.18. The van der Waals surface area contributed by atoms with Crippen LogP contribution in [-0.4, -0.2) is 24.5 Å². The first-order chi connectivity index (χ1) is 16.0. The van der Waals surface area contributed by atoms with E-state index < -0.39 is 0 Å². The van der Waals surface area contributed by atoms with Gasteiger partial charge in [-0.3, -0.25) is 15.0 Å². The zero-order valence-electron chi connectivity index (χ0n) is 19.5. The van der Waals surface area contributed by atoms with Crippen LogP contribution in [-0.2, 0) is 22.4 Å². The summed E-state index contributed by atoms with van der Waals surface area (Å²) in [6, 6.07) is 14.5. The van der Waals surface area contributed by atoms with Gasteiger partial charge in [0.15, 0.2) is 0 Å². The largest absolute Gasteiger partial charge is 0.491 e. The van der Waals surface area contributed by atoms with Crippen LogP contribution in [0.25, 0.3) is 0 Å². The van der Waals surface area contributed by atoms with Crippen molar-refractivity contribution in [1.29, 1.82) is 0 Å². The predicted octanol–water partition coefficient (Wildman–Crippen LogP) is 4.09. The number of rotatable bonds is 5. The fraction of sp³-hybridized carbons (Fsp3) is 0.481. The molecule has 1 aliphatic carbocycles. The van der Waals surface area contributed by atoms with Crippen molar-refractivity contribution >= 4 is 17.5 Å². The van der Waals surface area contributed by atoms with E-state index in [1.165, 1.54) is 17.5 Å². The molecule has 5 rings (SSSR count). The molecule has 3 atom stereocenters. The molecule has 2 fully saturated rings. The Hall–Kier alpha value is -2.86. The number of hydrogen-bond acceptors (Lipinski definition) is 4. The Balaban J connectivity index is 1.25. The number of ether oxygens (including phenoxy) is 1. The lowest BCUT2D eigenvalue weighted by Crippen LogP contribution is -2.55. The summed E-state index contributed by atoms with van der Waals surface area (Å²) in [6.07, 6.45) is 5.74. The molecule has 0 bridgehead atoms. The van der Waals surface area contributed by atoms with E-state index in [0.29, 0.717) is 18.9 Å². The number of nitrogens with zero attached hydrogens (tertiary/aromatic N) is 1. The second-order valence-electron chi connectivity index (χ2n) is 9.84. The van der Waals surface area contributed by atoms with E-state index in [0.717, 1.165) is 42.7 Å². The number of benzene rings is 2. The Morgan fingerprint density at radius 3 is 2.70 bits per heavy atom. The van der Waals surface area contributed by atoms with E-state index in [9.17, 15) is 9.59 Å². The minimum absolute atomic E-state index is 0.105. The first kappa shape index (κ1) is 22.0. The average molecular weight is 448 g/mol. The van der Waals surface area contributed by atoms with Gasteiger partial charge in [-0.2, -0.15) is 0 Å². The van der Waals surface area contributed by atoms with Crippen LogP contribution in [0.15, 0.2) is 42.5 Å². The molecular formula is C27H33N3O3. The molecule has 2 amide bonds. The highest BCUT2D eigenvalue weighted by Crippen LogP contribution is 2.40. The van der Waals surface area contributed by atoms with Crippen LogP contribution in [0.4, 0.5) is 5.69 Å². The number of hydrogen-bond donors (Lipinski definition) is 2. The van der Waals surface area contributed by atoms with Gasteiger partial charge in [0.25, 0.3) is 0 Å². The first-order valence-corrected chi connectivity index (χ1v) is 12.2. The quantitative estimate of drug-likeness (QED) is 0.724. The normalized spacial score (nSPS) is 24.3. The minimum atomic E-state index is 0.105. The summed E-state index contributed by atoms with van der Waals surface area (Å²) in [5.41, 5.74) is 10.5. The van der Waals surface area contributed by atoms with Gasteiger partial charge in [-0.1, -0.05) is 37.1 Å². The van der Waals surface area contributed by atoms with Gasteiger partial charge in [-0.05, 0) is 73.9 Å². The Morgan fingerprint density at radius 1 is 1.12 bits per heavy atom. The van der Waals surface area contributed by atoms with Crippen LogP contribution in [0.1, 0.15) is 62.3 Å². The van der Waals surface area contributed by atoms with Crippen LogP contribution < -0.4 is 20.5 Å². The number of carbonyl (C=O) groups is 2. The molecule has 2 N–H and O–H groups in total. The molecule has 2 aliphatic heterocycles. The van der Waals surface area contributed by atoms with Crippen molar-refractivity contribution in [2.24, 2.45) is 11.8 Å². The van der Waals surface area contributed by atoms with Gasteiger partial charge in [-0.15, -0.1) is 0 Å². The molecule has 174 valence electrons. The molecule has 33 heavy (non-hydrogen) atoms. The molecule has 1 saturated carbocycles. The van der Waals surface area contributed by atoms with Crippen molar-refractivity contribution in [3.05, 3.63) is 59.2 Å². The molecule has 3 unspecified atom stereocenters. The molecule has 3 aliphatic rings. The summed E-state index contributed by atoms with van der Waals surface area (Å²) in [5.74, 6) is 1.56. The lowest BCUT2D eigenvalue weighted by Gasteiger charge is -2.41. The van der Waals surface area contributed by atoms with Crippen LogP contribution >= 0.6 is 0 Å². The molecule has 2 aromatic carbocycles. The van der Waals surface area contributed by atoms with E-state index in [4.69, 9.17) is 4.74 Å². The maximum atomic E-state index is 13.1. The SMILES string of the molecule is CC(C)Oc1ccc2c(c1)CCN2C(=O)Cc1ccc(C2NNC(=O)C3CCCCC32)cc1. The molecule has 0 spiro atoms. The molecule has 6 nitrogen and oxygen atoms in total. The van der Waals surface area contributed by atoms with Gasteiger partial charge < -0.3 is 9.64 Å². The summed E-state index contributed by atoms with van der Waals surface area (Å²) in [7, 11) is 0. The maximum absolute atomic E-state index is 13.1. The zero-order valence-corrected chi connectivity index (χ0v) is 19.5. The Morgan fingerprint density at radius 2 is 1.91 bits per heavy atom. The summed E-state index contributed by atoms with van der Waals surface area (Å²) >= 11 is 0. The molecule has 2 heterocycles. The third-order valence-electron chi connectivity index (χ3n) is 7.25. The van der Waals surface area contributed by atoms with Crippen molar-refractivity contribution < 1.29 is 14.3 Å². The summed E-state index contributed by atoms with van der Waals surface area (Å²) < 4.78 is 5.80. The number of anilines is 1. The van der Waals surface area contributed by atoms with E-state index in [2.05, 4.69) is 41.2 Å². The van der Waals surface area contributed by atoms with Gasteiger partial charge in [-0.25, -0.2) is 5.43 Å². The van der Waals surface area contributed by atoms with Gasteiger partial charge in [0.05, 0.1) is 18.6 Å². The van der Waals surface area contributed by atoms with Gasteiger partial charge in [0.1, 0.15) is 5.75 Å². The van der Waals surface area contributed by atoms with Gasteiger partial charge in [0, 0.05) is 18.2 Å². The maximum Gasteiger partial charge on any atom is 0.237 e. The van der Waals surface area contributed by atoms with Crippen molar-refractivity contribution in [3.63, 3.8) is 0 Å². The van der Waals surface area contributed by atoms with Gasteiger partial charge in [0.2, 0.25) is 11.8 Å². The minimum Gasteiger partial charge on any atom is -0.491 e. The van der Waals surface area contributed by atoms with E-state index >= 15 is 0 Å². The van der Waals surface area contributed by atoms with Crippen molar-refractivity contribution in [3.8, 4) is 5.75 Å². The number of amides is 2. The summed E-state index contributed by atoms with van der Waals surface area (Å²) in [4.78, 5) is 27.2. The fourth-order valence-corrected chi connectivity index (χ4v) is 5.66. The predicted molar refractivity (Wildman–Crippen MR) is 128 cm³/mol. The van der Waals surface area contributed by atoms with Crippen molar-refractivity contribution in [2.45, 2.75) is 64.5 Å². The summed E-state index contributed by atoms with van der Waals surface area (Å²) in [6.45, 7) is 4.75.